The lowest BCUT2D eigenvalue weighted by Crippen LogP contribution is -2.53. The van der Waals surface area contributed by atoms with E-state index < -0.39 is 14.2 Å². The van der Waals surface area contributed by atoms with Crippen LogP contribution in [0, 0.1) is 0 Å². The van der Waals surface area contributed by atoms with Crippen molar-refractivity contribution in [3.8, 4) is 0 Å². The number of ketones is 1. The van der Waals surface area contributed by atoms with E-state index >= 15 is 0 Å². The topological polar surface area (TPSA) is 64.6 Å². The quantitative estimate of drug-likeness (QED) is 0.104. The molecule has 5 nitrogen and oxygen atoms in total. The molecular weight excluding hydrogens is 550 g/mol. The monoisotopic (exact) mass is 601 g/mol. The summed E-state index contributed by atoms with van der Waals surface area (Å²) in [6.45, 7) is 8.47. The van der Waals surface area contributed by atoms with Crippen LogP contribution in [0.15, 0.2) is 91.0 Å². The van der Waals surface area contributed by atoms with Gasteiger partial charge in [-0.3, -0.25) is 4.79 Å². The van der Waals surface area contributed by atoms with Gasteiger partial charge in [-0.05, 0) is 42.9 Å². The van der Waals surface area contributed by atoms with Crippen LogP contribution in [0.3, 0.4) is 0 Å². The molecule has 3 aromatic rings. The summed E-state index contributed by atoms with van der Waals surface area (Å²) >= 11 is 0. The molecular formula is C37H51NO4Si. The molecule has 6 heteroatoms. The fraction of sp³-hybridized carbons (Fsp3) is 0.459. The minimum Gasteiger partial charge on any atom is -0.445 e. The number of unbranched alkanes of at least 4 members (excludes halogenated alkanes) is 5. The minimum atomic E-state index is -2.01. The zero-order chi connectivity index (χ0) is 30.8. The number of carbonyl (C=O) groups is 2. The minimum absolute atomic E-state index is 0.102. The van der Waals surface area contributed by atoms with Crippen molar-refractivity contribution < 1.29 is 19.1 Å². The average Bonchev–Trinajstić information content (AvgIpc) is 3.02. The molecule has 0 aromatic heterocycles. The number of alkyl carbamates (subject to hydrolysis) is 1. The number of hydrogen-bond donors (Lipinski definition) is 1. The van der Waals surface area contributed by atoms with E-state index in [4.69, 9.17) is 9.47 Å². The third-order valence-corrected chi connectivity index (χ3v) is 12.9. The summed E-state index contributed by atoms with van der Waals surface area (Å²) < 4.78 is 11.3. The summed E-state index contributed by atoms with van der Waals surface area (Å²) in [5, 5.41) is 4.43. The van der Waals surface area contributed by atoms with E-state index in [2.05, 4.69) is 61.7 Å². The van der Waals surface area contributed by atoms with Gasteiger partial charge in [0.2, 0.25) is 0 Å². The number of hydrogen-bond acceptors (Lipinski definition) is 4. The molecule has 0 bridgehead atoms. The van der Waals surface area contributed by atoms with Crippen LogP contribution >= 0.6 is 0 Å². The molecule has 3 rings (SSSR count). The number of nitrogens with one attached hydrogen (secondary N) is 1. The van der Waals surface area contributed by atoms with Crippen molar-refractivity contribution in [2.45, 2.75) is 103 Å². The molecule has 0 heterocycles. The SMILES string of the molecule is C[C@H](NC(=O)OCc1ccccc1)[C@H](CCC(=O)CCCCCCCCOCc1ccccc1)[Si](C)(C)c1ccccc1. The zero-order valence-corrected chi connectivity index (χ0v) is 27.4. The molecule has 1 amide bonds. The van der Waals surface area contributed by atoms with Crippen molar-refractivity contribution in [2.75, 3.05) is 6.61 Å². The molecule has 0 saturated heterocycles. The molecule has 232 valence electrons. The van der Waals surface area contributed by atoms with Gasteiger partial charge in [-0.25, -0.2) is 4.79 Å². The first-order chi connectivity index (χ1) is 20.9. The van der Waals surface area contributed by atoms with Crippen LogP contribution in [-0.4, -0.2) is 32.6 Å². The lowest BCUT2D eigenvalue weighted by atomic mass is 10.0. The molecule has 3 aromatic carbocycles. The van der Waals surface area contributed by atoms with E-state index in [1.807, 2.05) is 54.6 Å². The first kappa shape index (κ1) is 34.3. The highest BCUT2D eigenvalue weighted by Gasteiger charge is 2.38. The predicted molar refractivity (Wildman–Crippen MR) is 179 cm³/mol. The van der Waals surface area contributed by atoms with Crippen molar-refractivity contribution >= 4 is 25.1 Å². The van der Waals surface area contributed by atoms with Gasteiger partial charge >= 0.3 is 6.09 Å². The van der Waals surface area contributed by atoms with Crippen LogP contribution in [0.1, 0.15) is 75.8 Å². The van der Waals surface area contributed by atoms with Crippen LogP contribution in [0.2, 0.25) is 18.6 Å². The molecule has 0 saturated carbocycles. The lowest BCUT2D eigenvalue weighted by Gasteiger charge is -2.37. The van der Waals surface area contributed by atoms with Gasteiger partial charge in [0.25, 0.3) is 0 Å². The van der Waals surface area contributed by atoms with Crippen LogP contribution in [-0.2, 0) is 27.5 Å². The highest BCUT2D eigenvalue weighted by Crippen LogP contribution is 2.31. The van der Waals surface area contributed by atoms with E-state index in [1.165, 1.54) is 23.6 Å². The van der Waals surface area contributed by atoms with Gasteiger partial charge in [0.05, 0.1) is 14.7 Å². The standard InChI is InChI=1S/C37H51NO4Si/c1-31(38-37(40)42-30-33-21-13-9-14-22-33)36(43(2,3)35-24-16-10-17-25-35)27-26-34(39)23-15-6-4-5-7-18-28-41-29-32-19-11-8-12-20-32/h8-14,16-17,19-22,24-25,31,36H,4-7,15,18,23,26-30H2,1-3H3,(H,38,40)/t31-,36-/m0/s1. The number of ether oxygens (including phenoxy) is 2. The van der Waals surface area contributed by atoms with Crippen molar-refractivity contribution in [1.29, 1.82) is 0 Å². The molecule has 0 unspecified atom stereocenters. The number of amides is 1. The molecule has 0 aliphatic heterocycles. The second kappa shape index (κ2) is 19.1. The van der Waals surface area contributed by atoms with E-state index in [1.54, 1.807) is 0 Å². The predicted octanol–water partition coefficient (Wildman–Crippen LogP) is 8.58. The van der Waals surface area contributed by atoms with Gasteiger partial charge < -0.3 is 14.8 Å². The number of Topliss-reactive ketones (excluding diaryl/α,β-unsaturated/α-hetero) is 1. The van der Waals surface area contributed by atoms with Gasteiger partial charge in [-0.2, -0.15) is 0 Å². The summed E-state index contributed by atoms with van der Waals surface area (Å²) in [6, 6.07) is 30.5. The molecule has 0 radical (unpaired) electrons. The first-order valence-corrected chi connectivity index (χ1v) is 19.1. The average molecular weight is 602 g/mol. The summed E-state index contributed by atoms with van der Waals surface area (Å²) in [6.07, 6.45) is 8.20. The van der Waals surface area contributed by atoms with Gasteiger partial charge in [0.15, 0.2) is 0 Å². The zero-order valence-electron chi connectivity index (χ0n) is 26.4. The van der Waals surface area contributed by atoms with Crippen molar-refractivity contribution in [2.24, 2.45) is 0 Å². The normalized spacial score (nSPS) is 12.8. The largest absolute Gasteiger partial charge is 0.445 e. The third-order valence-electron chi connectivity index (χ3n) is 8.45. The Labute approximate surface area is 260 Å². The maximum absolute atomic E-state index is 12.9. The van der Waals surface area contributed by atoms with Gasteiger partial charge in [-0.1, -0.05) is 135 Å². The fourth-order valence-electron chi connectivity index (χ4n) is 5.81. The van der Waals surface area contributed by atoms with Gasteiger partial charge in [0.1, 0.15) is 12.4 Å². The lowest BCUT2D eigenvalue weighted by molar-refractivity contribution is -0.119. The molecule has 1 N–H and O–H groups in total. The second-order valence-electron chi connectivity index (χ2n) is 12.2. The Morgan fingerprint density at radius 1 is 0.698 bits per heavy atom. The van der Waals surface area contributed by atoms with Crippen molar-refractivity contribution in [3.05, 3.63) is 102 Å². The Morgan fingerprint density at radius 3 is 1.86 bits per heavy atom. The Hall–Kier alpha value is -3.22. The molecule has 43 heavy (non-hydrogen) atoms. The van der Waals surface area contributed by atoms with Crippen LogP contribution < -0.4 is 10.5 Å². The Kier molecular flexibility index (Phi) is 15.3. The number of carbonyl (C=O) groups excluding carboxylic acids is 2. The summed E-state index contributed by atoms with van der Waals surface area (Å²) in [5.41, 5.74) is 2.38. The molecule has 0 aliphatic rings. The summed E-state index contributed by atoms with van der Waals surface area (Å²) in [4.78, 5) is 25.6. The van der Waals surface area contributed by atoms with Gasteiger partial charge in [-0.15, -0.1) is 0 Å². The molecule has 2 atom stereocenters. The number of rotatable bonds is 20. The van der Waals surface area contributed by atoms with E-state index in [0.717, 1.165) is 44.3 Å². The first-order valence-electron chi connectivity index (χ1n) is 16.0. The second-order valence-corrected chi connectivity index (χ2v) is 16.9. The third kappa shape index (κ3) is 12.9. The maximum Gasteiger partial charge on any atom is 0.407 e. The van der Waals surface area contributed by atoms with Crippen molar-refractivity contribution in [3.63, 3.8) is 0 Å². The highest BCUT2D eigenvalue weighted by molar-refractivity contribution is 6.91. The molecule has 0 fully saturated rings. The van der Waals surface area contributed by atoms with Crippen LogP contribution in [0.5, 0.6) is 0 Å². The Balaban J connectivity index is 1.37. The Bertz CT molecular complexity index is 1190. The summed E-state index contributed by atoms with van der Waals surface area (Å²) in [5.74, 6) is 0.330. The van der Waals surface area contributed by atoms with Gasteiger partial charge in [0, 0.05) is 25.5 Å². The van der Waals surface area contributed by atoms with E-state index in [-0.39, 0.29) is 18.2 Å². The fourth-order valence-corrected chi connectivity index (χ4v) is 9.49. The summed E-state index contributed by atoms with van der Waals surface area (Å²) in [7, 11) is -2.01. The van der Waals surface area contributed by atoms with Crippen molar-refractivity contribution in [1.82, 2.24) is 5.32 Å². The highest BCUT2D eigenvalue weighted by atomic mass is 28.3. The Morgan fingerprint density at radius 2 is 1.23 bits per heavy atom. The number of benzene rings is 3. The molecule has 0 spiro atoms. The van der Waals surface area contributed by atoms with E-state index in [9.17, 15) is 9.59 Å². The smallest absolute Gasteiger partial charge is 0.407 e. The van der Waals surface area contributed by atoms with E-state index in [0.29, 0.717) is 25.2 Å². The van der Waals surface area contributed by atoms with Crippen LogP contribution in [0.25, 0.3) is 0 Å². The molecule has 0 aliphatic carbocycles. The maximum atomic E-state index is 12.9. The van der Waals surface area contributed by atoms with Crippen LogP contribution in [0.4, 0.5) is 4.79 Å².